The van der Waals surface area contributed by atoms with Crippen molar-refractivity contribution in [3.63, 3.8) is 0 Å². The molecule has 5 atom stereocenters. The van der Waals surface area contributed by atoms with Crippen LogP contribution in [-0.2, 0) is 27.2 Å². The summed E-state index contributed by atoms with van der Waals surface area (Å²) in [5.41, 5.74) is 1.45. The number of allylic oxidation sites excluding steroid dienone is 2. The monoisotopic (exact) mass is 403 g/mol. The van der Waals surface area contributed by atoms with E-state index in [1.165, 1.54) is 11.3 Å². The number of nitrogens with one attached hydrogen (secondary N) is 1. The Morgan fingerprint density at radius 1 is 1.25 bits per heavy atom. The molecule has 1 amide bonds. The molecule has 150 valence electrons. The van der Waals surface area contributed by atoms with E-state index in [1.807, 2.05) is 12.2 Å². The maximum atomic E-state index is 13.1. The number of aliphatic carboxylic acids is 1. The zero-order valence-electron chi connectivity index (χ0n) is 16.1. The normalized spacial score (nSPS) is 30.1. The lowest BCUT2D eigenvalue weighted by atomic mass is 9.82. The summed E-state index contributed by atoms with van der Waals surface area (Å²) in [5, 5.41) is 13.0. The number of carboxylic acids is 1. The Kier molecular flexibility index (Phi) is 5.04. The van der Waals surface area contributed by atoms with Crippen LogP contribution < -0.4 is 5.32 Å². The Morgan fingerprint density at radius 3 is 2.64 bits per heavy atom. The van der Waals surface area contributed by atoms with Crippen molar-refractivity contribution in [1.29, 1.82) is 0 Å². The molecular weight excluding hydrogens is 378 g/mol. The number of ether oxygens (including phenoxy) is 1. The van der Waals surface area contributed by atoms with Crippen LogP contribution in [-0.4, -0.2) is 29.6 Å². The van der Waals surface area contributed by atoms with Crippen LogP contribution in [0.25, 0.3) is 0 Å². The Balaban J connectivity index is 1.64. The molecule has 7 heteroatoms. The van der Waals surface area contributed by atoms with E-state index in [-0.39, 0.29) is 24.3 Å². The van der Waals surface area contributed by atoms with Crippen LogP contribution in [0.5, 0.6) is 0 Å². The zero-order valence-corrected chi connectivity index (χ0v) is 16.9. The fourth-order valence-electron chi connectivity index (χ4n) is 4.97. The van der Waals surface area contributed by atoms with E-state index in [0.29, 0.717) is 22.9 Å². The van der Waals surface area contributed by atoms with E-state index in [9.17, 15) is 19.5 Å². The van der Waals surface area contributed by atoms with E-state index in [2.05, 4.69) is 12.2 Å². The number of fused-ring (bicyclic) bond motifs is 3. The number of hydrogen-bond donors (Lipinski definition) is 2. The summed E-state index contributed by atoms with van der Waals surface area (Å²) in [4.78, 5) is 38.5. The van der Waals surface area contributed by atoms with Crippen LogP contribution in [0.1, 0.15) is 47.5 Å². The maximum absolute atomic E-state index is 13.1. The third-order valence-electron chi connectivity index (χ3n) is 6.28. The Morgan fingerprint density at radius 2 is 1.96 bits per heavy atom. The molecule has 0 unspecified atom stereocenters. The summed E-state index contributed by atoms with van der Waals surface area (Å²) in [5.74, 6) is -2.53. The van der Waals surface area contributed by atoms with Crippen molar-refractivity contribution in [1.82, 2.24) is 0 Å². The first-order valence-corrected chi connectivity index (χ1v) is 10.8. The van der Waals surface area contributed by atoms with Gasteiger partial charge in [-0.05, 0) is 55.9 Å². The van der Waals surface area contributed by atoms with Gasteiger partial charge in [0.05, 0.1) is 24.0 Å². The highest BCUT2D eigenvalue weighted by molar-refractivity contribution is 7.17. The smallest absolute Gasteiger partial charge is 0.341 e. The minimum absolute atomic E-state index is 0.0493. The highest BCUT2D eigenvalue weighted by atomic mass is 32.1. The predicted molar refractivity (Wildman–Crippen MR) is 105 cm³/mol. The van der Waals surface area contributed by atoms with Crippen LogP contribution in [0.3, 0.4) is 0 Å². The predicted octanol–water partition coefficient (Wildman–Crippen LogP) is 3.51. The van der Waals surface area contributed by atoms with Crippen molar-refractivity contribution in [2.24, 2.45) is 29.6 Å². The summed E-state index contributed by atoms with van der Waals surface area (Å²) in [6.45, 7) is 4.21. The van der Waals surface area contributed by atoms with Gasteiger partial charge in [-0.2, -0.15) is 0 Å². The first-order valence-electron chi connectivity index (χ1n) is 9.94. The summed E-state index contributed by atoms with van der Waals surface area (Å²) in [6.07, 6.45) is 7.27. The maximum Gasteiger partial charge on any atom is 0.341 e. The van der Waals surface area contributed by atoms with Gasteiger partial charge in [-0.25, -0.2) is 4.79 Å². The molecule has 0 saturated heterocycles. The largest absolute Gasteiger partial charge is 0.481 e. The number of anilines is 1. The van der Waals surface area contributed by atoms with Gasteiger partial charge in [0.25, 0.3) is 0 Å². The number of hydrogen-bond acceptors (Lipinski definition) is 5. The molecule has 1 aromatic heterocycles. The number of carboxylic acid groups (broad SMARTS) is 1. The molecule has 0 aliphatic heterocycles. The first-order chi connectivity index (χ1) is 13.4. The molecule has 3 aliphatic rings. The molecule has 1 heterocycles. The summed E-state index contributed by atoms with van der Waals surface area (Å²) in [6, 6.07) is 0. The minimum Gasteiger partial charge on any atom is -0.481 e. The number of amides is 1. The second-order valence-electron chi connectivity index (χ2n) is 8.10. The number of rotatable bonds is 5. The van der Waals surface area contributed by atoms with Crippen molar-refractivity contribution < 1.29 is 24.2 Å². The number of esters is 1. The number of carbonyl (C=O) groups is 3. The summed E-state index contributed by atoms with van der Waals surface area (Å²) < 4.78 is 5.25. The average Bonchev–Trinajstić information content (AvgIpc) is 3.33. The molecule has 0 radical (unpaired) electrons. The van der Waals surface area contributed by atoms with Crippen LogP contribution in [0.15, 0.2) is 12.2 Å². The lowest BCUT2D eigenvalue weighted by Gasteiger charge is -2.23. The van der Waals surface area contributed by atoms with E-state index in [4.69, 9.17) is 4.74 Å². The highest BCUT2D eigenvalue weighted by Crippen LogP contribution is 2.49. The zero-order chi connectivity index (χ0) is 20.0. The molecular formula is C21H25NO5S. The molecule has 1 fully saturated rings. The molecule has 0 spiro atoms. The van der Waals surface area contributed by atoms with Crippen molar-refractivity contribution in [2.75, 3.05) is 11.9 Å². The van der Waals surface area contributed by atoms with Crippen molar-refractivity contribution in [3.05, 3.63) is 28.2 Å². The topological polar surface area (TPSA) is 92.7 Å². The van der Waals surface area contributed by atoms with Gasteiger partial charge in [-0.15, -0.1) is 11.3 Å². The second-order valence-corrected chi connectivity index (χ2v) is 9.21. The van der Waals surface area contributed by atoms with Gasteiger partial charge in [0.1, 0.15) is 5.00 Å². The molecule has 2 N–H and O–H groups in total. The van der Waals surface area contributed by atoms with Gasteiger partial charge in [0, 0.05) is 4.88 Å². The Labute approximate surface area is 168 Å². The lowest BCUT2D eigenvalue weighted by molar-refractivity contribution is -0.146. The quantitative estimate of drug-likeness (QED) is 0.580. The third kappa shape index (κ3) is 3.15. The Hall–Kier alpha value is -2.15. The van der Waals surface area contributed by atoms with Crippen molar-refractivity contribution in [2.45, 2.75) is 39.5 Å². The van der Waals surface area contributed by atoms with Gasteiger partial charge in [0.2, 0.25) is 5.91 Å². The molecule has 28 heavy (non-hydrogen) atoms. The molecule has 0 aromatic carbocycles. The molecule has 4 rings (SSSR count). The van der Waals surface area contributed by atoms with Gasteiger partial charge in [0.15, 0.2) is 0 Å². The summed E-state index contributed by atoms with van der Waals surface area (Å²) in [7, 11) is 0. The first kappa shape index (κ1) is 19.2. The summed E-state index contributed by atoms with van der Waals surface area (Å²) >= 11 is 1.44. The van der Waals surface area contributed by atoms with Gasteiger partial charge in [-0.1, -0.05) is 19.1 Å². The second kappa shape index (κ2) is 7.35. The molecule has 6 nitrogen and oxygen atoms in total. The molecule has 2 bridgehead atoms. The van der Waals surface area contributed by atoms with Crippen molar-refractivity contribution in [3.8, 4) is 0 Å². The van der Waals surface area contributed by atoms with Crippen LogP contribution in [0.4, 0.5) is 5.00 Å². The standard InChI is InChI=1S/C21H25NO5S/c1-3-27-21(26)17-13-7-4-10(2)8-14(13)28-19(17)22-18(23)15-11-5-6-12(9-11)16(15)20(24)25/h5-6,10-12,15-16H,3-4,7-9H2,1-2H3,(H,22,23)(H,24,25)/t10-,11-,12-,15+,16-/m0/s1. The van der Waals surface area contributed by atoms with Crippen LogP contribution in [0.2, 0.25) is 0 Å². The van der Waals surface area contributed by atoms with E-state index in [1.54, 1.807) is 6.92 Å². The van der Waals surface area contributed by atoms with E-state index < -0.39 is 23.8 Å². The third-order valence-corrected chi connectivity index (χ3v) is 7.44. The van der Waals surface area contributed by atoms with Gasteiger partial charge in [-0.3, -0.25) is 9.59 Å². The lowest BCUT2D eigenvalue weighted by Crippen LogP contribution is -2.36. The molecule has 1 aromatic rings. The van der Waals surface area contributed by atoms with Gasteiger partial charge >= 0.3 is 11.9 Å². The number of carbonyl (C=O) groups excluding carboxylic acids is 2. The fraction of sp³-hybridized carbons (Fsp3) is 0.571. The average molecular weight is 404 g/mol. The van der Waals surface area contributed by atoms with Crippen LogP contribution >= 0.6 is 11.3 Å². The van der Waals surface area contributed by atoms with E-state index in [0.717, 1.165) is 29.7 Å². The van der Waals surface area contributed by atoms with Crippen LogP contribution in [0, 0.1) is 29.6 Å². The highest BCUT2D eigenvalue weighted by Gasteiger charge is 2.51. The Bertz CT molecular complexity index is 857. The van der Waals surface area contributed by atoms with Crippen molar-refractivity contribution >= 4 is 34.2 Å². The molecule has 3 aliphatic carbocycles. The fourth-order valence-corrected chi connectivity index (χ4v) is 6.37. The SMILES string of the molecule is CCOC(=O)c1c(NC(=O)[C@H]2[C@@H](C(=O)O)[C@H]3C=C[C@H]2C3)sc2c1CC[C@H](C)C2. The minimum atomic E-state index is -0.929. The van der Waals surface area contributed by atoms with Gasteiger partial charge < -0.3 is 15.2 Å². The van der Waals surface area contributed by atoms with E-state index >= 15 is 0 Å². The molecule has 1 saturated carbocycles. The number of thiophene rings is 1.